The van der Waals surface area contributed by atoms with Crippen molar-refractivity contribution in [1.82, 2.24) is 0 Å². The van der Waals surface area contributed by atoms with Gasteiger partial charge in [-0.05, 0) is 126 Å². The molecule has 4 N–H and O–H groups in total. The van der Waals surface area contributed by atoms with E-state index in [0.717, 1.165) is 51.4 Å². The highest BCUT2D eigenvalue weighted by Crippen LogP contribution is 2.49. The number of hydrogen-bond donors (Lipinski definition) is 4. The molecule has 2 spiro atoms. The third kappa shape index (κ3) is 12.2. The minimum absolute atomic E-state index is 0.0431. The summed E-state index contributed by atoms with van der Waals surface area (Å²) < 4.78 is 50.8. The van der Waals surface area contributed by atoms with E-state index >= 15 is 0 Å². The predicted molar refractivity (Wildman–Crippen MR) is 297 cm³/mol. The molecule has 0 aromatic rings. The molecule has 18 atom stereocenters. The van der Waals surface area contributed by atoms with E-state index in [-0.39, 0.29) is 60.9 Å². The summed E-state index contributed by atoms with van der Waals surface area (Å²) in [6.07, 6.45) is 26.1. The van der Waals surface area contributed by atoms with Gasteiger partial charge in [-0.25, -0.2) is 0 Å². The second-order valence-electron chi connectivity index (χ2n) is 25.0. The average molecular weight is 1100 g/mol. The molecule has 0 amide bonds. The maximum Gasteiger partial charge on any atom is 0.316 e. The first-order chi connectivity index (χ1) is 37.6. The van der Waals surface area contributed by atoms with Gasteiger partial charge in [0.1, 0.15) is 58.9 Å². The number of carbonyl (C=O) groups is 2. The van der Waals surface area contributed by atoms with Crippen LogP contribution in [0.15, 0.2) is 105 Å². The molecule has 0 saturated carbocycles. The molecule has 0 aromatic heterocycles. The summed E-state index contributed by atoms with van der Waals surface area (Å²) >= 11 is 0. The van der Waals surface area contributed by atoms with E-state index in [2.05, 4.69) is 90.0 Å². The zero-order valence-corrected chi connectivity index (χ0v) is 48.2. The molecular formula is C63H88N2O14. The first-order valence-corrected chi connectivity index (χ1v) is 29.3. The summed E-state index contributed by atoms with van der Waals surface area (Å²) in [5.74, 6) is -3.22. The molecule has 10 rings (SSSR count). The van der Waals surface area contributed by atoms with Crippen molar-refractivity contribution < 1.29 is 68.1 Å². The molecule has 79 heavy (non-hydrogen) atoms. The van der Waals surface area contributed by atoms with Crippen LogP contribution in [0.1, 0.15) is 153 Å². The lowest BCUT2D eigenvalue weighted by molar-refractivity contribution is -0.335. The first-order valence-electron chi connectivity index (χ1n) is 29.3. The van der Waals surface area contributed by atoms with Gasteiger partial charge in [0, 0.05) is 38.5 Å². The van der Waals surface area contributed by atoms with E-state index in [9.17, 15) is 30.2 Å². The molecule has 0 unspecified atom stereocenters. The third-order valence-corrected chi connectivity index (χ3v) is 18.7. The second kappa shape index (κ2) is 24.1. The van der Waals surface area contributed by atoms with Crippen LogP contribution in [0.5, 0.6) is 0 Å². The van der Waals surface area contributed by atoms with Gasteiger partial charge in [0.25, 0.3) is 0 Å². The first kappa shape index (κ1) is 59.1. The molecule has 0 radical (unpaired) electrons. The molecule has 6 saturated heterocycles. The number of rotatable bonds is 1. The van der Waals surface area contributed by atoms with Gasteiger partial charge in [0.05, 0.1) is 37.6 Å². The van der Waals surface area contributed by atoms with Crippen molar-refractivity contribution in [1.29, 1.82) is 0 Å². The van der Waals surface area contributed by atoms with Crippen molar-refractivity contribution in [2.75, 3.05) is 13.2 Å². The molecule has 6 fully saturated rings. The molecule has 4 bridgehead atoms. The number of esters is 2. The lowest BCUT2D eigenvalue weighted by atomic mass is 9.71. The largest absolute Gasteiger partial charge is 0.462 e. The van der Waals surface area contributed by atoms with Crippen LogP contribution in [-0.2, 0) is 47.5 Å². The lowest BCUT2D eigenvalue weighted by Gasteiger charge is -2.49. The van der Waals surface area contributed by atoms with Gasteiger partial charge in [0.15, 0.2) is 11.6 Å². The Hall–Kier alpha value is -4.52. The van der Waals surface area contributed by atoms with Crippen molar-refractivity contribution in [2.45, 2.75) is 224 Å². The standard InChI is InChI=1S/C32H45NO7.C31H43NO7/c1-6-27-21(4)12-13-31(40-27)17-25-16-24(39-31)11-10-20(3)14-19(2)8-7-9-23-18-37-29-28(33-36)22(5)15-26(30(34)38-25)32(23,29)35;1-18-7-6-8-23-17-36-28-27(32-35)21(4)14-26(31(23,28)34)29(33)37-25-15-24(10-9-19(2)13-18)39-30(16-25)12-11-20(3)22(5)38-30/h7-10,15,19,21,24-27,29,35-36H,6,11-14,16-18H2,1-5H3;6-9,14,18,20,22,24-26,28,34-35H,10-13,15-17H2,1-5H3/b8-7-,20-10-,23-9?,33-28-;7-6-,19-9-,23-8?,32-27-/t19-,21-,24+,25-,26-,27+,29+,31+,32+;18-,20-,22+,24+,25-,26-,28+,30-,31+/m00/s1. The zero-order valence-electron chi connectivity index (χ0n) is 48.2. The number of oxime groups is 2. The van der Waals surface area contributed by atoms with Crippen molar-refractivity contribution in [3.8, 4) is 0 Å². The Labute approximate surface area is 467 Å². The van der Waals surface area contributed by atoms with Gasteiger partial charge in [-0.1, -0.05) is 117 Å². The van der Waals surface area contributed by atoms with E-state index in [4.69, 9.17) is 37.9 Å². The topological polar surface area (TPSA) is 214 Å². The Balaban J connectivity index is 0.000000192. The van der Waals surface area contributed by atoms with Gasteiger partial charge < -0.3 is 58.5 Å². The maximum atomic E-state index is 13.9. The summed E-state index contributed by atoms with van der Waals surface area (Å²) in [6, 6.07) is 0. The Morgan fingerprint density at radius 2 is 1.05 bits per heavy atom. The Morgan fingerprint density at radius 1 is 0.608 bits per heavy atom. The molecule has 10 aliphatic rings. The number of allylic oxidation sites excluding steroid dienone is 8. The van der Waals surface area contributed by atoms with Crippen molar-refractivity contribution in [3.05, 3.63) is 94.2 Å². The highest BCUT2D eigenvalue weighted by Gasteiger charge is 2.61. The van der Waals surface area contributed by atoms with Crippen molar-refractivity contribution in [3.63, 3.8) is 0 Å². The van der Waals surface area contributed by atoms with Crippen LogP contribution < -0.4 is 0 Å². The van der Waals surface area contributed by atoms with Crippen LogP contribution >= 0.6 is 0 Å². The summed E-state index contributed by atoms with van der Waals surface area (Å²) in [6.45, 7) is 21.0. The number of hydrogen-bond acceptors (Lipinski definition) is 16. The molecule has 16 heteroatoms. The lowest BCUT2D eigenvalue weighted by Crippen LogP contribution is -2.57. The van der Waals surface area contributed by atoms with E-state index < -0.39 is 71.0 Å². The number of ether oxygens (including phenoxy) is 8. The highest BCUT2D eigenvalue weighted by atomic mass is 16.7. The quantitative estimate of drug-likeness (QED) is 0.0833. The Bertz CT molecular complexity index is 2610. The average Bonchev–Trinajstić information content (AvgIpc) is 4.00. The maximum absolute atomic E-state index is 13.9. The van der Waals surface area contributed by atoms with Crippen LogP contribution in [0.3, 0.4) is 0 Å². The van der Waals surface area contributed by atoms with Crippen LogP contribution in [0.2, 0.25) is 0 Å². The molecular weight excluding hydrogens is 1010 g/mol. The van der Waals surface area contributed by atoms with Gasteiger partial charge in [-0.3, -0.25) is 9.59 Å². The van der Waals surface area contributed by atoms with E-state index in [0.29, 0.717) is 66.2 Å². The second-order valence-corrected chi connectivity index (χ2v) is 25.0. The van der Waals surface area contributed by atoms with E-state index in [1.807, 2.05) is 24.3 Å². The summed E-state index contributed by atoms with van der Waals surface area (Å²) in [7, 11) is 0. The minimum Gasteiger partial charge on any atom is -0.462 e. The summed E-state index contributed by atoms with van der Waals surface area (Å²) in [5.41, 5.74) is 1.84. The Kier molecular flexibility index (Phi) is 18.1. The normalized spacial score (nSPS) is 46.1. The molecule has 2 aliphatic carbocycles. The minimum atomic E-state index is -1.72. The van der Waals surface area contributed by atoms with Gasteiger partial charge in [0.2, 0.25) is 0 Å². The van der Waals surface area contributed by atoms with Crippen LogP contribution in [-0.4, -0.2) is 129 Å². The third-order valence-electron chi connectivity index (χ3n) is 18.7. The van der Waals surface area contributed by atoms with E-state index in [1.165, 1.54) is 11.1 Å². The van der Waals surface area contributed by atoms with Crippen LogP contribution in [0, 0.1) is 35.5 Å². The molecule has 8 aliphatic heterocycles. The molecule has 16 nitrogen and oxygen atoms in total. The predicted octanol–water partition coefficient (Wildman–Crippen LogP) is 10.4. The number of carbonyl (C=O) groups excluding carboxylic acids is 2. The van der Waals surface area contributed by atoms with Crippen molar-refractivity contribution >= 4 is 23.4 Å². The number of aliphatic hydroxyl groups is 2. The van der Waals surface area contributed by atoms with Gasteiger partial charge in [-0.15, -0.1) is 0 Å². The highest BCUT2D eigenvalue weighted by molar-refractivity contribution is 6.07. The molecule has 0 aromatic carbocycles. The summed E-state index contributed by atoms with van der Waals surface area (Å²) in [4.78, 5) is 27.8. The Morgan fingerprint density at radius 3 is 1.48 bits per heavy atom. The monoisotopic (exact) mass is 1100 g/mol. The van der Waals surface area contributed by atoms with Crippen LogP contribution in [0.25, 0.3) is 0 Å². The fraction of sp³-hybridized carbons (Fsp3) is 0.683. The van der Waals surface area contributed by atoms with Crippen LogP contribution in [0.4, 0.5) is 0 Å². The fourth-order valence-electron chi connectivity index (χ4n) is 14.1. The SMILES string of the molecule is CC1=C[C@H]2C(=O)O[C@H]3C[C@@H](C/C=C(/C)C[C@@H](C)/C=C\C=C4CO[C@H](/C1=N\O)[C@@]42O)O[C@@]1(CC[C@H](C)[C@@H](C)O1)C3.CC[C@H]1O[C@]2(CC[C@@H]1C)C[C@@H]1C[C@@H](C/C=C(/C)C[C@@H](C)/C=C\C=C3CO[C@@H]4/C(=N\O)C(C)=C[C@@H](C(=O)O1)[C@]34O)O2. The zero-order chi connectivity index (χ0) is 56.6. The van der Waals surface area contributed by atoms with E-state index in [1.54, 1.807) is 26.0 Å². The summed E-state index contributed by atoms with van der Waals surface area (Å²) in [5, 5.41) is 50.5. The molecule has 8 heterocycles. The van der Waals surface area contributed by atoms with Gasteiger partial charge in [-0.2, -0.15) is 0 Å². The fourth-order valence-corrected chi connectivity index (χ4v) is 14.1. The smallest absolute Gasteiger partial charge is 0.316 e. The van der Waals surface area contributed by atoms with Gasteiger partial charge >= 0.3 is 11.9 Å². The molecule has 434 valence electrons. The van der Waals surface area contributed by atoms with Crippen molar-refractivity contribution in [2.24, 2.45) is 45.8 Å². The number of fused-ring (bicyclic) bond motifs is 4. The number of nitrogens with zero attached hydrogens (tertiary/aromatic N) is 2.